The van der Waals surface area contributed by atoms with Gasteiger partial charge >= 0.3 is 6.03 Å². The lowest BCUT2D eigenvalue weighted by atomic mass is 9.97. The van der Waals surface area contributed by atoms with Crippen molar-refractivity contribution in [3.05, 3.63) is 0 Å². The van der Waals surface area contributed by atoms with E-state index < -0.39 is 0 Å². The molecular formula is C17H32N4O2. The van der Waals surface area contributed by atoms with Gasteiger partial charge in [-0.25, -0.2) is 4.79 Å². The van der Waals surface area contributed by atoms with Gasteiger partial charge < -0.3 is 20.4 Å². The van der Waals surface area contributed by atoms with E-state index in [0.29, 0.717) is 18.9 Å². The van der Waals surface area contributed by atoms with Crippen LogP contribution >= 0.6 is 0 Å². The second kappa shape index (κ2) is 9.11. The average molecular weight is 324 g/mol. The summed E-state index contributed by atoms with van der Waals surface area (Å²) >= 11 is 0. The molecule has 23 heavy (non-hydrogen) atoms. The fraction of sp³-hybridized carbons (Fsp3) is 0.882. The molecule has 1 unspecified atom stereocenters. The van der Waals surface area contributed by atoms with E-state index in [2.05, 4.69) is 22.5 Å². The molecule has 0 aromatic rings. The van der Waals surface area contributed by atoms with Crippen LogP contribution in [0, 0.1) is 5.92 Å². The van der Waals surface area contributed by atoms with Crippen molar-refractivity contribution in [2.75, 3.05) is 39.3 Å². The van der Waals surface area contributed by atoms with Crippen LogP contribution in [0.4, 0.5) is 4.79 Å². The number of carbonyl (C=O) groups is 2. The van der Waals surface area contributed by atoms with Crippen molar-refractivity contribution in [1.82, 2.24) is 20.4 Å². The van der Waals surface area contributed by atoms with Gasteiger partial charge in [0.25, 0.3) is 0 Å². The average Bonchev–Trinajstić information content (AvgIpc) is 3.02. The summed E-state index contributed by atoms with van der Waals surface area (Å²) in [6.45, 7) is 9.75. The Balaban J connectivity index is 1.60. The van der Waals surface area contributed by atoms with E-state index >= 15 is 0 Å². The minimum atomic E-state index is -0.0863. The maximum Gasteiger partial charge on any atom is 0.315 e. The van der Waals surface area contributed by atoms with Crippen molar-refractivity contribution >= 4 is 11.9 Å². The lowest BCUT2D eigenvalue weighted by molar-refractivity contribution is -0.129. The van der Waals surface area contributed by atoms with Crippen LogP contribution < -0.4 is 10.6 Å². The number of likely N-dealkylation sites (tertiary alicyclic amines) is 2. The van der Waals surface area contributed by atoms with Crippen LogP contribution in [0.15, 0.2) is 0 Å². The molecule has 2 aliphatic rings. The van der Waals surface area contributed by atoms with Crippen molar-refractivity contribution in [2.24, 2.45) is 5.92 Å². The maximum atomic E-state index is 12.0. The zero-order chi connectivity index (χ0) is 16.7. The molecule has 132 valence electrons. The Hall–Kier alpha value is -1.30. The number of rotatable bonds is 6. The van der Waals surface area contributed by atoms with Crippen molar-refractivity contribution in [3.8, 4) is 0 Å². The van der Waals surface area contributed by atoms with Crippen LogP contribution in [-0.2, 0) is 4.79 Å². The Kier molecular flexibility index (Phi) is 7.15. The monoisotopic (exact) mass is 324 g/mol. The first-order valence-electron chi connectivity index (χ1n) is 9.16. The molecule has 2 rings (SSSR count). The Bertz CT molecular complexity index is 394. The molecule has 6 heteroatoms. The number of hydrogen-bond donors (Lipinski definition) is 2. The molecule has 3 amide bonds. The number of urea groups is 1. The molecular weight excluding hydrogens is 292 g/mol. The highest BCUT2D eigenvalue weighted by Gasteiger charge is 2.26. The van der Waals surface area contributed by atoms with E-state index in [1.165, 1.54) is 25.8 Å². The van der Waals surface area contributed by atoms with Gasteiger partial charge in [0.2, 0.25) is 5.91 Å². The molecule has 2 saturated heterocycles. The second-order valence-electron chi connectivity index (χ2n) is 6.82. The second-order valence-corrected chi connectivity index (χ2v) is 6.82. The zero-order valence-corrected chi connectivity index (χ0v) is 14.6. The predicted molar refractivity (Wildman–Crippen MR) is 91.3 cm³/mol. The maximum absolute atomic E-state index is 12.0. The first kappa shape index (κ1) is 18.0. The number of nitrogens with one attached hydrogen (secondary N) is 2. The molecule has 2 heterocycles. The summed E-state index contributed by atoms with van der Waals surface area (Å²) in [5.74, 6) is 0.768. The van der Waals surface area contributed by atoms with Gasteiger partial charge in [-0.2, -0.15) is 0 Å². The van der Waals surface area contributed by atoms with Crippen molar-refractivity contribution in [3.63, 3.8) is 0 Å². The quantitative estimate of drug-likeness (QED) is 0.776. The van der Waals surface area contributed by atoms with E-state index in [4.69, 9.17) is 0 Å². The summed E-state index contributed by atoms with van der Waals surface area (Å²) in [5, 5.41) is 6.01. The standard InChI is InChI=1S/C17H32N4O2/c1-3-8-20-9-5-14(6-10-20)12-18-17(23)19-15-7-11-21(13-15)16(22)4-2/h14-15H,3-13H2,1-2H3,(H2,18,19,23). The zero-order valence-electron chi connectivity index (χ0n) is 14.6. The molecule has 1 atom stereocenters. The highest BCUT2D eigenvalue weighted by Crippen LogP contribution is 2.16. The molecule has 0 saturated carbocycles. The van der Waals surface area contributed by atoms with Gasteiger partial charge in [-0.3, -0.25) is 4.79 Å². The Labute approximate surface area is 140 Å². The predicted octanol–water partition coefficient (Wildman–Crippen LogP) is 1.42. The highest BCUT2D eigenvalue weighted by molar-refractivity contribution is 5.77. The van der Waals surface area contributed by atoms with Gasteiger partial charge in [-0.1, -0.05) is 13.8 Å². The number of carbonyl (C=O) groups excluding carboxylic acids is 2. The molecule has 0 spiro atoms. The Morgan fingerprint density at radius 3 is 2.48 bits per heavy atom. The minimum Gasteiger partial charge on any atom is -0.341 e. The molecule has 2 N–H and O–H groups in total. The van der Waals surface area contributed by atoms with Crippen LogP contribution in [0.2, 0.25) is 0 Å². The third kappa shape index (κ3) is 5.68. The SMILES string of the molecule is CCCN1CCC(CNC(=O)NC2CCN(C(=O)CC)C2)CC1. The van der Waals surface area contributed by atoms with E-state index in [1.807, 2.05) is 11.8 Å². The number of piperidine rings is 1. The molecule has 0 aromatic carbocycles. The van der Waals surface area contributed by atoms with Crippen molar-refractivity contribution in [2.45, 2.75) is 52.0 Å². The lowest BCUT2D eigenvalue weighted by Crippen LogP contribution is -2.46. The van der Waals surface area contributed by atoms with E-state index in [-0.39, 0.29) is 18.0 Å². The van der Waals surface area contributed by atoms with Gasteiger partial charge in [0.05, 0.1) is 0 Å². The smallest absolute Gasteiger partial charge is 0.315 e. The van der Waals surface area contributed by atoms with Gasteiger partial charge in [0.15, 0.2) is 0 Å². The first-order valence-corrected chi connectivity index (χ1v) is 9.16. The molecule has 2 fully saturated rings. The van der Waals surface area contributed by atoms with Gasteiger partial charge in [0, 0.05) is 32.1 Å². The van der Waals surface area contributed by atoms with E-state index in [0.717, 1.165) is 32.6 Å². The topological polar surface area (TPSA) is 64.7 Å². The summed E-state index contributed by atoms with van der Waals surface area (Å²) < 4.78 is 0. The number of hydrogen-bond acceptors (Lipinski definition) is 3. The lowest BCUT2D eigenvalue weighted by Gasteiger charge is -2.31. The third-order valence-electron chi connectivity index (χ3n) is 4.98. The third-order valence-corrected chi connectivity index (χ3v) is 4.98. The normalized spacial score (nSPS) is 23.0. The van der Waals surface area contributed by atoms with Crippen LogP contribution in [0.5, 0.6) is 0 Å². The highest BCUT2D eigenvalue weighted by atomic mass is 16.2. The van der Waals surface area contributed by atoms with E-state index in [1.54, 1.807) is 0 Å². The summed E-state index contributed by atoms with van der Waals surface area (Å²) in [5.41, 5.74) is 0. The van der Waals surface area contributed by atoms with Crippen molar-refractivity contribution in [1.29, 1.82) is 0 Å². The summed E-state index contributed by atoms with van der Waals surface area (Å²) in [6.07, 6.45) is 4.94. The van der Waals surface area contributed by atoms with Gasteiger partial charge in [-0.15, -0.1) is 0 Å². The van der Waals surface area contributed by atoms with Crippen LogP contribution in [0.25, 0.3) is 0 Å². The summed E-state index contributed by atoms with van der Waals surface area (Å²) in [6, 6.07) is 0.00804. The largest absolute Gasteiger partial charge is 0.341 e. The van der Waals surface area contributed by atoms with E-state index in [9.17, 15) is 9.59 Å². The summed E-state index contributed by atoms with van der Waals surface area (Å²) in [7, 11) is 0. The molecule has 0 aliphatic carbocycles. The fourth-order valence-electron chi connectivity index (χ4n) is 3.53. The minimum absolute atomic E-state index is 0.0863. The fourth-order valence-corrected chi connectivity index (χ4v) is 3.53. The van der Waals surface area contributed by atoms with Crippen LogP contribution in [-0.4, -0.2) is 67.0 Å². The van der Waals surface area contributed by atoms with Crippen LogP contribution in [0.3, 0.4) is 0 Å². The number of nitrogens with zero attached hydrogens (tertiary/aromatic N) is 2. The molecule has 0 aromatic heterocycles. The summed E-state index contributed by atoms with van der Waals surface area (Å²) in [4.78, 5) is 28.0. The molecule has 6 nitrogen and oxygen atoms in total. The molecule has 0 bridgehead atoms. The molecule has 0 radical (unpaired) electrons. The Morgan fingerprint density at radius 1 is 1.09 bits per heavy atom. The Morgan fingerprint density at radius 2 is 1.83 bits per heavy atom. The molecule has 2 aliphatic heterocycles. The first-order chi connectivity index (χ1) is 11.1. The van der Waals surface area contributed by atoms with Crippen LogP contribution in [0.1, 0.15) is 46.0 Å². The van der Waals surface area contributed by atoms with Gasteiger partial charge in [0.1, 0.15) is 0 Å². The van der Waals surface area contributed by atoms with Gasteiger partial charge in [-0.05, 0) is 51.2 Å². The van der Waals surface area contributed by atoms with Crippen molar-refractivity contribution < 1.29 is 9.59 Å². The number of amides is 3.